The largest absolute Gasteiger partial charge is 0.482 e. The number of halogens is 1. The normalized spacial score (nSPS) is 14.7. The van der Waals surface area contributed by atoms with Crippen LogP contribution in [0.1, 0.15) is 20.8 Å². The van der Waals surface area contributed by atoms with Gasteiger partial charge in [0.15, 0.2) is 6.61 Å². The predicted molar refractivity (Wildman–Crippen MR) is 86.2 cm³/mol. The maximum atomic E-state index is 12.1. The van der Waals surface area contributed by atoms with Gasteiger partial charge in [-0.15, -0.1) is 0 Å². The Morgan fingerprint density at radius 1 is 1.48 bits per heavy atom. The molecule has 1 heterocycles. The number of fused-ring (bicyclic) bond motifs is 1. The summed E-state index contributed by atoms with van der Waals surface area (Å²) in [6.07, 6.45) is 0. The van der Waals surface area contributed by atoms with Crippen molar-refractivity contribution in [3.63, 3.8) is 0 Å². The summed E-state index contributed by atoms with van der Waals surface area (Å²) < 4.78 is 5.42. The Kier molecular flexibility index (Phi) is 4.59. The smallest absolute Gasteiger partial charge is 0.265 e. The average molecular weight is 309 g/mol. The van der Waals surface area contributed by atoms with E-state index in [0.29, 0.717) is 29.5 Å². The van der Waals surface area contributed by atoms with Crippen molar-refractivity contribution in [2.24, 2.45) is 0 Å². The molecule has 1 aromatic carbocycles. The molecule has 0 fully saturated rings. The number of anilines is 1. The summed E-state index contributed by atoms with van der Waals surface area (Å²) in [4.78, 5) is 13.8. The zero-order chi connectivity index (χ0) is 15.6. The molecule has 0 spiro atoms. The molecule has 0 aromatic heterocycles. The molecule has 0 saturated heterocycles. The first kappa shape index (κ1) is 15.9. The molecule has 0 atom stereocenters. The number of nitrogens with zero attached hydrogens (tertiary/aromatic N) is 1. The van der Waals surface area contributed by atoms with Crippen molar-refractivity contribution in [1.82, 2.24) is 5.32 Å². The molecule has 0 radical (unpaired) electrons. The number of hydrogen-bond donors (Lipinski definition) is 1. The van der Waals surface area contributed by atoms with Gasteiger partial charge in [-0.1, -0.05) is 18.2 Å². The van der Waals surface area contributed by atoms with Gasteiger partial charge in [0, 0.05) is 23.7 Å². The number of carbonyl (C=O) groups is 1. The summed E-state index contributed by atoms with van der Waals surface area (Å²) in [5.74, 6) is 0.595. The Morgan fingerprint density at radius 3 is 2.86 bits per heavy atom. The van der Waals surface area contributed by atoms with Gasteiger partial charge in [0.1, 0.15) is 5.75 Å². The Labute approximate surface area is 130 Å². The van der Waals surface area contributed by atoms with E-state index >= 15 is 0 Å². The maximum Gasteiger partial charge on any atom is 0.265 e. The highest BCUT2D eigenvalue weighted by Crippen LogP contribution is 2.34. The third kappa shape index (κ3) is 4.22. The molecule has 0 unspecified atom stereocenters. The van der Waals surface area contributed by atoms with Crippen molar-refractivity contribution in [2.45, 2.75) is 26.3 Å². The lowest BCUT2D eigenvalue weighted by atomic mass is 10.1. The van der Waals surface area contributed by atoms with E-state index in [2.05, 4.69) is 32.7 Å². The molecule has 1 aliphatic heterocycles. The molecular weight excluding hydrogens is 288 g/mol. The third-order valence-electron chi connectivity index (χ3n) is 3.11. The van der Waals surface area contributed by atoms with Crippen LogP contribution in [-0.2, 0) is 4.79 Å². The van der Waals surface area contributed by atoms with Crippen LogP contribution in [0.25, 0.3) is 0 Å². The number of benzene rings is 1. The summed E-state index contributed by atoms with van der Waals surface area (Å²) in [5.41, 5.74) is 1.65. The van der Waals surface area contributed by atoms with Crippen molar-refractivity contribution < 1.29 is 9.53 Å². The fraction of sp³-hybridized carbons (Fsp3) is 0.438. The lowest BCUT2D eigenvalue weighted by Gasteiger charge is -2.31. The quantitative estimate of drug-likeness (QED) is 0.869. The molecule has 5 heteroatoms. The van der Waals surface area contributed by atoms with E-state index in [-0.39, 0.29) is 18.1 Å². The van der Waals surface area contributed by atoms with Gasteiger partial charge < -0.3 is 15.0 Å². The average Bonchev–Trinajstić information content (AvgIpc) is 2.39. The molecule has 1 aromatic rings. The van der Waals surface area contributed by atoms with Crippen molar-refractivity contribution in [3.05, 3.63) is 35.4 Å². The first-order valence-electron chi connectivity index (χ1n) is 6.91. The summed E-state index contributed by atoms with van der Waals surface area (Å²) in [5, 5.41) is 3.95. The molecule has 1 aliphatic rings. The minimum Gasteiger partial charge on any atom is -0.482 e. The van der Waals surface area contributed by atoms with Crippen LogP contribution in [0.3, 0.4) is 0 Å². The first-order valence-corrected chi connectivity index (χ1v) is 7.28. The SMILES string of the molecule is C=C(CNC(C)(C)C)CN1C(=O)COc2ccc(Cl)cc21. The molecule has 1 amide bonds. The number of hydrogen-bond acceptors (Lipinski definition) is 3. The van der Waals surface area contributed by atoms with Gasteiger partial charge >= 0.3 is 0 Å². The van der Waals surface area contributed by atoms with Crippen molar-refractivity contribution in [2.75, 3.05) is 24.6 Å². The predicted octanol–water partition coefficient (Wildman–Crippen LogP) is 3.01. The van der Waals surface area contributed by atoms with Crippen molar-refractivity contribution in [1.29, 1.82) is 0 Å². The number of amides is 1. The molecule has 21 heavy (non-hydrogen) atoms. The van der Waals surface area contributed by atoms with Gasteiger partial charge in [0.2, 0.25) is 0 Å². The highest BCUT2D eigenvalue weighted by Gasteiger charge is 2.26. The second-order valence-corrected chi connectivity index (χ2v) is 6.67. The van der Waals surface area contributed by atoms with Gasteiger partial charge in [0.25, 0.3) is 5.91 Å². The van der Waals surface area contributed by atoms with Crippen LogP contribution in [0.4, 0.5) is 5.69 Å². The van der Waals surface area contributed by atoms with E-state index in [1.165, 1.54) is 0 Å². The molecule has 2 rings (SSSR count). The highest BCUT2D eigenvalue weighted by atomic mass is 35.5. The van der Waals surface area contributed by atoms with Crippen LogP contribution in [0.5, 0.6) is 5.75 Å². The molecule has 0 aliphatic carbocycles. The standard InChI is InChI=1S/C16H21ClN2O2/c1-11(8-18-16(2,3)4)9-19-13-7-12(17)5-6-14(13)21-10-15(19)20/h5-7,18H,1,8-10H2,2-4H3. The first-order chi connectivity index (χ1) is 9.76. The Bertz CT molecular complexity index is 564. The summed E-state index contributed by atoms with van der Waals surface area (Å²) in [6, 6.07) is 5.29. The van der Waals surface area contributed by atoms with E-state index in [0.717, 1.165) is 5.57 Å². The van der Waals surface area contributed by atoms with E-state index < -0.39 is 0 Å². The Hall–Kier alpha value is -1.52. The lowest BCUT2D eigenvalue weighted by molar-refractivity contribution is -0.121. The van der Waals surface area contributed by atoms with E-state index in [1.807, 2.05) is 0 Å². The fourth-order valence-corrected chi connectivity index (χ4v) is 2.18. The van der Waals surface area contributed by atoms with Gasteiger partial charge in [-0.3, -0.25) is 4.79 Å². The number of ether oxygens (including phenoxy) is 1. The number of carbonyl (C=O) groups excluding carboxylic acids is 1. The van der Waals surface area contributed by atoms with Crippen LogP contribution in [0.15, 0.2) is 30.4 Å². The van der Waals surface area contributed by atoms with Crippen molar-refractivity contribution in [3.8, 4) is 5.75 Å². The van der Waals surface area contributed by atoms with E-state index in [1.54, 1.807) is 23.1 Å². The summed E-state index contributed by atoms with van der Waals surface area (Å²) >= 11 is 6.02. The number of rotatable bonds is 4. The van der Waals surface area contributed by atoms with Crippen LogP contribution in [0, 0.1) is 0 Å². The zero-order valence-electron chi connectivity index (χ0n) is 12.7. The molecule has 4 nitrogen and oxygen atoms in total. The molecule has 1 N–H and O–H groups in total. The van der Waals surface area contributed by atoms with Crippen molar-refractivity contribution >= 4 is 23.2 Å². The minimum atomic E-state index is -0.0818. The third-order valence-corrected chi connectivity index (χ3v) is 3.35. The van der Waals surface area contributed by atoms with Gasteiger partial charge in [-0.25, -0.2) is 0 Å². The summed E-state index contributed by atoms with van der Waals surface area (Å²) in [7, 11) is 0. The monoisotopic (exact) mass is 308 g/mol. The Balaban J connectivity index is 2.11. The molecule has 0 saturated carbocycles. The van der Waals surface area contributed by atoms with Crippen LogP contribution < -0.4 is 15.0 Å². The second-order valence-electron chi connectivity index (χ2n) is 6.23. The topological polar surface area (TPSA) is 41.6 Å². The van der Waals surface area contributed by atoms with Crippen LogP contribution >= 0.6 is 11.6 Å². The minimum absolute atomic E-state index is 0.0131. The zero-order valence-corrected chi connectivity index (χ0v) is 13.5. The maximum absolute atomic E-state index is 12.1. The molecule has 114 valence electrons. The number of nitrogens with one attached hydrogen (secondary N) is 1. The summed E-state index contributed by atoms with van der Waals surface area (Å²) in [6.45, 7) is 11.5. The lowest BCUT2D eigenvalue weighted by Crippen LogP contribution is -2.43. The molecule has 0 bridgehead atoms. The fourth-order valence-electron chi connectivity index (χ4n) is 2.02. The van der Waals surface area contributed by atoms with Crippen LogP contribution in [-0.4, -0.2) is 31.1 Å². The highest BCUT2D eigenvalue weighted by molar-refractivity contribution is 6.31. The van der Waals surface area contributed by atoms with Gasteiger partial charge in [0.05, 0.1) is 5.69 Å². The molecular formula is C16H21ClN2O2. The second kappa shape index (κ2) is 6.08. The Morgan fingerprint density at radius 2 is 2.19 bits per heavy atom. The van der Waals surface area contributed by atoms with E-state index in [4.69, 9.17) is 16.3 Å². The van der Waals surface area contributed by atoms with Gasteiger partial charge in [-0.2, -0.15) is 0 Å². The van der Waals surface area contributed by atoms with Crippen LogP contribution in [0.2, 0.25) is 5.02 Å². The van der Waals surface area contributed by atoms with Gasteiger partial charge in [-0.05, 0) is 44.5 Å². The van der Waals surface area contributed by atoms with E-state index in [9.17, 15) is 4.79 Å².